The summed E-state index contributed by atoms with van der Waals surface area (Å²) in [4.78, 5) is 26.0. The molecule has 5 nitrogen and oxygen atoms in total. The third kappa shape index (κ3) is 4.48. The Labute approximate surface area is 149 Å². The number of fused-ring (bicyclic) bond motifs is 1. The summed E-state index contributed by atoms with van der Waals surface area (Å²) in [6.45, 7) is 7.41. The molecule has 0 spiro atoms. The van der Waals surface area contributed by atoms with Gasteiger partial charge in [-0.1, -0.05) is 44.5 Å². The lowest BCUT2D eigenvalue weighted by Gasteiger charge is -2.33. The Bertz CT molecular complexity index is 667. The van der Waals surface area contributed by atoms with E-state index in [1.165, 1.54) is 6.92 Å². The van der Waals surface area contributed by atoms with E-state index in [0.29, 0.717) is 0 Å². The molecule has 5 heteroatoms. The first-order valence-electron chi connectivity index (χ1n) is 8.81. The molecule has 1 aliphatic rings. The lowest BCUT2D eigenvalue weighted by molar-refractivity contribution is -0.130. The summed E-state index contributed by atoms with van der Waals surface area (Å²) in [6.07, 6.45) is 4.62. The highest BCUT2D eigenvalue weighted by atomic mass is 16.3. The monoisotopic (exact) mass is 344 g/mol. The van der Waals surface area contributed by atoms with Gasteiger partial charge in [0.25, 0.3) is 0 Å². The van der Waals surface area contributed by atoms with E-state index in [2.05, 4.69) is 5.32 Å². The van der Waals surface area contributed by atoms with Gasteiger partial charge in [-0.3, -0.25) is 9.59 Å². The standard InChI is InChI=1S/C20H28N2O3/c1-5-14(2)20(4,25)13-21-19(24)12-18-17-9-7-6-8-16(17)10-11-22(18)15(3)23/h6-11,14,18,25H,5,12-13H2,1-4H3,(H,21,24). The Balaban J connectivity index is 2.10. The van der Waals surface area contributed by atoms with Crippen molar-refractivity contribution < 1.29 is 14.7 Å². The van der Waals surface area contributed by atoms with Crippen LogP contribution in [-0.2, 0) is 9.59 Å². The molecule has 25 heavy (non-hydrogen) atoms. The maximum absolute atomic E-state index is 12.5. The lowest BCUT2D eigenvalue weighted by Crippen LogP contribution is -2.46. The van der Waals surface area contributed by atoms with Crippen LogP contribution in [0.4, 0.5) is 0 Å². The summed E-state index contributed by atoms with van der Waals surface area (Å²) in [6, 6.07) is 7.44. The number of amides is 2. The molecule has 0 saturated carbocycles. The van der Waals surface area contributed by atoms with Crippen LogP contribution in [0.2, 0.25) is 0 Å². The van der Waals surface area contributed by atoms with Crippen molar-refractivity contribution >= 4 is 17.9 Å². The molecule has 1 aromatic carbocycles. The fourth-order valence-corrected chi connectivity index (χ4v) is 3.05. The Hall–Kier alpha value is -2.14. The average Bonchev–Trinajstić information content (AvgIpc) is 2.59. The second kappa shape index (κ2) is 7.83. The molecule has 0 saturated heterocycles. The molecule has 3 atom stereocenters. The van der Waals surface area contributed by atoms with E-state index < -0.39 is 5.60 Å². The minimum atomic E-state index is -0.949. The molecule has 3 unspecified atom stereocenters. The molecule has 0 bridgehead atoms. The minimum Gasteiger partial charge on any atom is -0.388 e. The maximum atomic E-state index is 12.5. The molecule has 2 rings (SSSR count). The van der Waals surface area contributed by atoms with Crippen molar-refractivity contribution in [2.45, 2.75) is 52.2 Å². The van der Waals surface area contributed by atoms with Crippen LogP contribution in [-0.4, -0.2) is 34.0 Å². The highest BCUT2D eigenvalue weighted by molar-refractivity contribution is 5.81. The van der Waals surface area contributed by atoms with Gasteiger partial charge in [0.1, 0.15) is 0 Å². The summed E-state index contributed by atoms with van der Waals surface area (Å²) in [5.74, 6) is -0.194. The first-order chi connectivity index (χ1) is 11.8. The number of aliphatic hydroxyl groups is 1. The molecule has 1 aromatic rings. The summed E-state index contributed by atoms with van der Waals surface area (Å²) in [5, 5.41) is 13.3. The number of carbonyl (C=O) groups excluding carboxylic acids is 2. The molecule has 136 valence electrons. The second-order valence-corrected chi connectivity index (χ2v) is 7.03. The smallest absolute Gasteiger partial charge is 0.223 e. The third-order valence-electron chi connectivity index (χ3n) is 5.17. The molecular weight excluding hydrogens is 316 g/mol. The van der Waals surface area contributed by atoms with Crippen molar-refractivity contribution in [1.82, 2.24) is 10.2 Å². The van der Waals surface area contributed by atoms with E-state index in [1.807, 2.05) is 44.2 Å². The summed E-state index contributed by atoms with van der Waals surface area (Å²) in [7, 11) is 0. The predicted molar refractivity (Wildman–Crippen MR) is 98.4 cm³/mol. The topological polar surface area (TPSA) is 69.6 Å². The molecule has 1 aliphatic heterocycles. The van der Waals surface area contributed by atoms with Crippen molar-refractivity contribution in [3.05, 3.63) is 41.6 Å². The number of hydrogen-bond acceptors (Lipinski definition) is 3. The first-order valence-corrected chi connectivity index (χ1v) is 8.81. The van der Waals surface area contributed by atoms with Crippen LogP contribution >= 0.6 is 0 Å². The van der Waals surface area contributed by atoms with Gasteiger partial charge >= 0.3 is 0 Å². The van der Waals surface area contributed by atoms with E-state index >= 15 is 0 Å². The number of benzene rings is 1. The number of nitrogens with one attached hydrogen (secondary N) is 1. The summed E-state index contributed by atoms with van der Waals surface area (Å²) < 4.78 is 0. The molecule has 2 N–H and O–H groups in total. The van der Waals surface area contributed by atoms with Crippen LogP contribution in [0.25, 0.3) is 6.08 Å². The fraction of sp³-hybridized carbons (Fsp3) is 0.500. The van der Waals surface area contributed by atoms with Gasteiger partial charge < -0.3 is 15.3 Å². The largest absolute Gasteiger partial charge is 0.388 e. The highest BCUT2D eigenvalue weighted by Gasteiger charge is 2.30. The quantitative estimate of drug-likeness (QED) is 0.834. The normalized spacial score (nSPS) is 19.7. The van der Waals surface area contributed by atoms with Crippen molar-refractivity contribution in [3.63, 3.8) is 0 Å². The van der Waals surface area contributed by atoms with Gasteiger partial charge in [-0.05, 0) is 30.0 Å². The van der Waals surface area contributed by atoms with Crippen LogP contribution in [0, 0.1) is 5.92 Å². The third-order valence-corrected chi connectivity index (χ3v) is 5.17. The second-order valence-electron chi connectivity index (χ2n) is 7.03. The van der Waals surface area contributed by atoms with E-state index in [-0.39, 0.29) is 36.7 Å². The molecule has 2 amide bonds. The van der Waals surface area contributed by atoms with E-state index in [4.69, 9.17) is 0 Å². The Morgan fingerprint density at radius 1 is 1.36 bits per heavy atom. The first kappa shape index (κ1) is 19.2. The molecule has 0 aromatic heterocycles. The summed E-state index contributed by atoms with van der Waals surface area (Å²) >= 11 is 0. The fourth-order valence-electron chi connectivity index (χ4n) is 3.05. The Kier molecular flexibility index (Phi) is 6.01. The van der Waals surface area contributed by atoms with Crippen molar-refractivity contribution in [2.24, 2.45) is 5.92 Å². The molecule has 0 aliphatic carbocycles. The van der Waals surface area contributed by atoms with Gasteiger partial charge in [-0.2, -0.15) is 0 Å². The van der Waals surface area contributed by atoms with E-state index in [0.717, 1.165) is 17.5 Å². The van der Waals surface area contributed by atoms with Crippen LogP contribution < -0.4 is 5.32 Å². The van der Waals surface area contributed by atoms with Gasteiger partial charge in [0, 0.05) is 19.7 Å². The lowest BCUT2D eigenvalue weighted by atomic mass is 9.88. The highest BCUT2D eigenvalue weighted by Crippen LogP contribution is 2.32. The van der Waals surface area contributed by atoms with Crippen molar-refractivity contribution in [2.75, 3.05) is 6.54 Å². The molecular formula is C20H28N2O3. The minimum absolute atomic E-state index is 0.0832. The zero-order valence-corrected chi connectivity index (χ0v) is 15.5. The molecule has 1 heterocycles. The molecule has 0 fully saturated rings. The maximum Gasteiger partial charge on any atom is 0.223 e. The zero-order valence-electron chi connectivity index (χ0n) is 15.5. The number of carbonyl (C=O) groups is 2. The van der Waals surface area contributed by atoms with Gasteiger partial charge in [0.05, 0.1) is 18.1 Å². The summed E-state index contributed by atoms with van der Waals surface area (Å²) in [5.41, 5.74) is 1.03. The van der Waals surface area contributed by atoms with Gasteiger partial charge in [0.15, 0.2) is 0 Å². The zero-order chi connectivity index (χ0) is 18.6. The number of hydrogen-bond donors (Lipinski definition) is 2. The van der Waals surface area contributed by atoms with Crippen LogP contribution in [0.3, 0.4) is 0 Å². The van der Waals surface area contributed by atoms with E-state index in [9.17, 15) is 14.7 Å². The van der Waals surface area contributed by atoms with Crippen LogP contribution in [0.1, 0.15) is 57.7 Å². The Morgan fingerprint density at radius 3 is 2.68 bits per heavy atom. The van der Waals surface area contributed by atoms with Crippen LogP contribution in [0.5, 0.6) is 0 Å². The SMILES string of the molecule is CCC(C)C(C)(O)CNC(=O)CC1c2ccccc2C=CN1C(C)=O. The van der Waals surface area contributed by atoms with Gasteiger partial charge in [0.2, 0.25) is 11.8 Å². The number of nitrogens with zero attached hydrogens (tertiary/aromatic N) is 1. The molecule has 0 radical (unpaired) electrons. The van der Waals surface area contributed by atoms with E-state index in [1.54, 1.807) is 18.0 Å². The van der Waals surface area contributed by atoms with Crippen molar-refractivity contribution in [3.8, 4) is 0 Å². The predicted octanol–water partition coefficient (Wildman–Crippen LogP) is 2.86. The Morgan fingerprint density at radius 2 is 2.04 bits per heavy atom. The van der Waals surface area contributed by atoms with Crippen molar-refractivity contribution in [1.29, 1.82) is 0 Å². The van der Waals surface area contributed by atoms with Gasteiger partial charge in [-0.25, -0.2) is 0 Å². The number of rotatable bonds is 6. The van der Waals surface area contributed by atoms with Crippen LogP contribution in [0.15, 0.2) is 30.5 Å². The van der Waals surface area contributed by atoms with Gasteiger partial charge in [-0.15, -0.1) is 0 Å². The average molecular weight is 344 g/mol.